The van der Waals surface area contributed by atoms with E-state index in [2.05, 4.69) is 54.4 Å². The zero-order valence-electron chi connectivity index (χ0n) is 13.8. The van der Waals surface area contributed by atoms with Crippen molar-refractivity contribution in [1.29, 1.82) is 0 Å². The van der Waals surface area contributed by atoms with Crippen molar-refractivity contribution in [2.45, 2.75) is 6.92 Å². The summed E-state index contributed by atoms with van der Waals surface area (Å²) >= 11 is 3.48. The maximum absolute atomic E-state index is 5.36. The van der Waals surface area contributed by atoms with Crippen molar-refractivity contribution in [3.63, 3.8) is 0 Å². The Balaban J connectivity index is 1.55. The van der Waals surface area contributed by atoms with Gasteiger partial charge in [-0.25, -0.2) is 9.97 Å². The molecule has 7 heteroatoms. The van der Waals surface area contributed by atoms with E-state index >= 15 is 0 Å². The Kier molecular flexibility index (Phi) is 6.01. The fourth-order valence-corrected chi connectivity index (χ4v) is 3.07. The van der Waals surface area contributed by atoms with E-state index in [0.717, 1.165) is 66.8 Å². The van der Waals surface area contributed by atoms with Crippen LogP contribution in [0.5, 0.6) is 0 Å². The van der Waals surface area contributed by atoms with Crippen LogP contribution in [0, 0.1) is 6.92 Å². The lowest BCUT2D eigenvalue weighted by atomic mass is 10.2. The molecule has 0 spiro atoms. The molecule has 0 bridgehead atoms. The van der Waals surface area contributed by atoms with E-state index in [4.69, 9.17) is 4.74 Å². The zero-order chi connectivity index (χ0) is 16.8. The average Bonchev–Trinajstić information content (AvgIpc) is 2.59. The first kappa shape index (κ1) is 17.1. The van der Waals surface area contributed by atoms with E-state index < -0.39 is 0 Å². The summed E-state index contributed by atoms with van der Waals surface area (Å²) in [7, 11) is 0. The molecule has 24 heavy (non-hydrogen) atoms. The van der Waals surface area contributed by atoms with Crippen LogP contribution in [0.3, 0.4) is 0 Å². The Bertz CT molecular complexity index is 676. The predicted octanol–water partition coefficient (Wildman–Crippen LogP) is 3.04. The Morgan fingerprint density at radius 1 is 1.17 bits per heavy atom. The number of morpholine rings is 1. The van der Waals surface area contributed by atoms with Gasteiger partial charge in [0.1, 0.15) is 18.0 Å². The van der Waals surface area contributed by atoms with Gasteiger partial charge in [-0.1, -0.05) is 15.9 Å². The van der Waals surface area contributed by atoms with Gasteiger partial charge >= 0.3 is 0 Å². The van der Waals surface area contributed by atoms with E-state index in [9.17, 15) is 0 Å². The Morgan fingerprint density at radius 2 is 1.96 bits per heavy atom. The molecule has 1 aliphatic rings. The van der Waals surface area contributed by atoms with Crippen LogP contribution in [-0.4, -0.2) is 54.3 Å². The summed E-state index contributed by atoms with van der Waals surface area (Å²) in [5.41, 5.74) is 2.20. The minimum atomic E-state index is 0.782. The highest BCUT2D eigenvalue weighted by Crippen LogP contribution is 2.23. The van der Waals surface area contributed by atoms with Crippen molar-refractivity contribution >= 4 is 33.3 Å². The SMILES string of the molecule is Cc1cc(Br)ccc1Nc1cc(NCCN2CCOCC2)ncn1. The summed E-state index contributed by atoms with van der Waals surface area (Å²) in [6.07, 6.45) is 1.58. The van der Waals surface area contributed by atoms with Gasteiger partial charge in [-0.05, 0) is 30.7 Å². The quantitative estimate of drug-likeness (QED) is 0.788. The van der Waals surface area contributed by atoms with Crippen molar-refractivity contribution in [2.24, 2.45) is 0 Å². The van der Waals surface area contributed by atoms with Gasteiger partial charge in [-0.15, -0.1) is 0 Å². The van der Waals surface area contributed by atoms with E-state index in [1.165, 1.54) is 0 Å². The molecule has 2 aromatic rings. The molecule has 1 aliphatic heterocycles. The topological polar surface area (TPSA) is 62.3 Å². The number of aromatic nitrogens is 2. The fourth-order valence-electron chi connectivity index (χ4n) is 2.59. The maximum atomic E-state index is 5.36. The molecular weight excluding hydrogens is 370 g/mol. The second kappa shape index (κ2) is 8.41. The highest BCUT2D eigenvalue weighted by atomic mass is 79.9. The summed E-state index contributed by atoms with van der Waals surface area (Å²) in [5.74, 6) is 1.61. The van der Waals surface area contributed by atoms with Crippen LogP contribution < -0.4 is 10.6 Å². The van der Waals surface area contributed by atoms with E-state index in [1.807, 2.05) is 18.2 Å². The van der Waals surface area contributed by atoms with Gasteiger partial charge in [0, 0.05) is 42.4 Å². The molecule has 0 aliphatic carbocycles. The molecule has 1 saturated heterocycles. The third-order valence-corrected chi connectivity index (χ3v) is 4.45. The lowest BCUT2D eigenvalue weighted by Crippen LogP contribution is -2.39. The predicted molar refractivity (Wildman–Crippen MR) is 99.9 cm³/mol. The first-order valence-corrected chi connectivity index (χ1v) is 8.89. The number of anilines is 3. The summed E-state index contributed by atoms with van der Waals surface area (Å²) in [4.78, 5) is 11.0. The van der Waals surface area contributed by atoms with Crippen LogP contribution in [0.15, 0.2) is 35.1 Å². The lowest BCUT2D eigenvalue weighted by molar-refractivity contribution is 0.0398. The summed E-state index contributed by atoms with van der Waals surface area (Å²) in [6, 6.07) is 8.05. The average molecular weight is 392 g/mol. The molecule has 0 unspecified atom stereocenters. The van der Waals surface area contributed by atoms with Gasteiger partial charge in [0.05, 0.1) is 13.2 Å². The molecule has 0 saturated carbocycles. The number of benzene rings is 1. The zero-order valence-corrected chi connectivity index (χ0v) is 15.3. The van der Waals surface area contributed by atoms with E-state index in [0.29, 0.717) is 0 Å². The van der Waals surface area contributed by atoms with Gasteiger partial charge in [0.2, 0.25) is 0 Å². The first-order chi connectivity index (χ1) is 11.7. The van der Waals surface area contributed by atoms with Crippen molar-refractivity contribution in [3.05, 3.63) is 40.6 Å². The molecule has 2 heterocycles. The fraction of sp³-hybridized carbons (Fsp3) is 0.412. The number of ether oxygens (including phenoxy) is 1. The van der Waals surface area contributed by atoms with Gasteiger partial charge in [-0.3, -0.25) is 4.90 Å². The third-order valence-electron chi connectivity index (χ3n) is 3.96. The molecule has 1 aromatic carbocycles. The monoisotopic (exact) mass is 391 g/mol. The molecule has 1 fully saturated rings. The van der Waals surface area contributed by atoms with Crippen molar-refractivity contribution in [1.82, 2.24) is 14.9 Å². The summed E-state index contributed by atoms with van der Waals surface area (Å²) < 4.78 is 6.43. The smallest absolute Gasteiger partial charge is 0.135 e. The maximum Gasteiger partial charge on any atom is 0.135 e. The van der Waals surface area contributed by atoms with Crippen LogP contribution in [0.25, 0.3) is 0 Å². The highest BCUT2D eigenvalue weighted by Gasteiger charge is 2.09. The second-order valence-electron chi connectivity index (χ2n) is 5.75. The Hall–Kier alpha value is -1.70. The number of aryl methyl sites for hydroxylation is 1. The third kappa shape index (κ3) is 4.90. The Morgan fingerprint density at radius 3 is 2.75 bits per heavy atom. The summed E-state index contributed by atoms with van der Waals surface area (Å²) in [6.45, 7) is 7.57. The molecule has 1 aromatic heterocycles. The molecule has 0 atom stereocenters. The molecule has 0 radical (unpaired) electrons. The highest BCUT2D eigenvalue weighted by molar-refractivity contribution is 9.10. The van der Waals surface area contributed by atoms with Crippen molar-refractivity contribution < 1.29 is 4.74 Å². The standard InChI is InChI=1S/C17H22BrN5O/c1-13-10-14(18)2-3-15(13)22-17-11-16(20-12-21-17)19-4-5-23-6-8-24-9-7-23/h2-3,10-12H,4-9H2,1H3,(H2,19,20,21,22). The summed E-state index contributed by atoms with van der Waals surface area (Å²) in [5, 5.41) is 6.70. The number of nitrogens with zero attached hydrogens (tertiary/aromatic N) is 3. The molecular formula is C17H22BrN5O. The van der Waals surface area contributed by atoms with Crippen LogP contribution in [0.2, 0.25) is 0 Å². The molecule has 128 valence electrons. The largest absolute Gasteiger partial charge is 0.379 e. The molecule has 2 N–H and O–H groups in total. The lowest BCUT2D eigenvalue weighted by Gasteiger charge is -2.26. The number of hydrogen-bond donors (Lipinski definition) is 2. The number of halogens is 1. The molecule has 6 nitrogen and oxygen atoms in total. The van der Waals surface area contributed by atoms with E-state index in [1.54, 1.807) is 6.33 Å². The van der Waals surface area contributed by atoms with Crippen LogP contribution in [0.4, 0.5) is 17.3 Å². The first-order valence-electron chi connectivity index (χ1n) is 8.10. The van der Waals surface area contributed by atoms with Gasteiger partial charge in [0.15, 0.2) is 0 Å². The van der Waals surface area contributed by atoms with Gasteiger partial charge < -0.3 is 15.4 Å². The van der Waals surface area contributed by atoms with E-state index in [-0.39, 0.29) is 0 Å². The normalized spacial score (nSPS) is 15.2. The molecule has 3 rings (SSSR count). The van der Waals surface area contributed by atoms with Crippen LogP contribution >= 0.6 is 15.9 Å². The Labute approximate surface area is 150 Å². The van der Waals surface area contributed by atoms with Gasteiger partial charge in [0.25, 0.3) is 0 Å². The number of hydrogen-bond acceptors (Lipinski definition) is 6. The minimum Gasteiger partial charge on any atom is -0.379 e. The minimum absolute atomic E-state index is 0.782. The van der Waals surface area contributed by atoms with Gasteiger partial charge in [-0.2, -0.15) is 0 Å². The van der Waals surface area contributed by atoms with Crippen LogP contribution in [0.1, 0.15) is 5.56 Å². The molecule has 0 amide bonds. The number of nitrogens with one attached hydrogen (secondary N) is 2. The van der Waals surface area contributed by atoms with Crippen LogP contribution in [-0.2, 0) is 4.74 Å². The van der Waals surface area contributed by atoms with Crippen molar-refractivity contribution in [2.75, 3.05) is 50.0 Å². The number of rotatable bonds is 6. The van der Waals surface area contributed by atoms with Crippen molar-refractivity contribution in [3.8, 4) is 0 Å². The second-order valence-corrected chi connectivity index (χ2v) is 6.67.